The van der Waals surface area contributed by atoms with Crippen LogP contribution in [0.5, 0.6) is 0 Å². The molecule has 7 aromatic carbocycles. The lowest BCUT2D eigenvalue weighted by Crippen LogP contribution is -1.96. The molecule has 0 aliphatic carbocycles. The van der Waals surface area contributed by atoms with E-state index in [4.69, 9.17) is 14.4 Å². The second-order valence-electron chi connectivity index (χ2n) is 12.5. The van der Waals surface area contributed by atoms with E-state index in [0.717, 1.165) is 55.6 Å². The molecule has 0 N–H and O–H groups in total. The average molecular weight is 657 g/mol. The Morgan fingerprint density at radius 2 is 0.980 bits per heavy atom. The van der Waals surface area contributed by atoms with Gasteiger partial charge < -0.3 is 4.42 Å². The molecule has 10 aromatic rings. The van der Waals surface area contributed by atoms with Crippen LogP contribution in [0.1, 0.15) is 0 Å². The first-order valence-electron chi connectivity index (χ1n) is 16.7. The number of thiophene rings is 1. The predicted molar refractivity (Wildman–Crippen MR) is 209 cm³/mol. The fourth-order valence-corrected chi connectivity index (χ4v) is 8.29. The lowest BCUT2D eigenvalue weighted by Gasteiger charge is -2.10. The smallest absolute Gasteiger partial charge is 0.164 e. The fraction of sp³-hybridized carbons (Fsp3) is 0. The molecular weight excluding hydrogens is 629 g/mol. The van der Waals surface area contributed by atoms with Gasteiger partial charge in [0.05, 0.1) is 17.0 Å². The SMILES string of the molecule is c1ccc(-c2ccc(-c3cc(-c4ccccc4)nc(-c4cccc5c4oc4cc(-c6cccc7c6sc6ccccc67)ccc45)n3)cc2)cc1. The standard InChI is InChI=1S/C46H28N2OS/c1-3-11-29(12-4-1)30-21-23-32(24-22-30)41-28-40(31-13-5-2-6-14-31)47-46(48-41)39-19-10-17-37-35-26-25-33(27-42(35)49-44(37)39)34-16-9-18-38-36-15-7-8-20-43(36)50-45(34)38/h1-28H. The Bertz CT molecular complexity index is 2850. The third-order valence-corrected chi connectivity index (χ3v) is 10.8. The number of aromatic nitrogens is 2. The van der Waals surface area contributed by atoms with Crippen LogP contribution >= 0.6 is 11.3 Å². The highest BCUT2D eigenvalue weighted by atomic mass is 32.1. The molecule has 50 heavy (non-hydrogen) atoms. The summed E-state index contributed by atoms with van der Waals surface area (Å²) >= 11 is 1.84. The second kappa shape index (κ2) is 11.7. The number of nitrogens with zero attached hydrogens (tertiary/aromatic N) is 2. The molecule has 234 valence electrons. The van der Waals surface area contributed by atoms with Gasteiger partial charge in [-0.15, -0.1) is 11.3 Å². The summed E-state index contributed by atoms with van der Waals surface area (Å²) in [5.41, 5.74) is 11.0. The molecular formula is C46H28N2OS. The van der Waals surface area contributed by atoms with Crippen LogP contribution in [0, 0.1) is 0 Å². The van der Waals surface area contributed by atoms with Crippen molar-refractivity contribution in [2.75, 3.05) is 0 Å². The van der Waals surface area contributed by atoms with Gasteiger partial charge in [-0.1, -0.05) is 140 Å². The maximum absolute atomic E-state index is 6.75. The second-order valence-corrected chi connectivity index (χ2v) is 13.6. The van der Waals surface area contributed by atoms with Crippen LogP contribution in [0.15, 0.2) is 174 Å². The summed E-state index contributed by atoms with van der Waals surface area (Å²) in [7, 11) is 0. The lowest BCUT2D eigenvalue weighted by molar-refractivity contribution is 0.669. The highest BCUT2D eigenvalue weighted by Gasteiger charge is 2.18. The fourth-order valence-electron chi connectivity index (χ4n) is 7.05. The molecule has 3 aromatic heterocycles. The zero-order chi connectivity index (χ0) is 33.0. The van der Waals surface area contributed by atoms with Crippen molar-refractivity contribution in [3.05, 3.63) is 170 Å². The van der Waals surface area contributed by atoms with Gasteiger partial charge in [-0.2, -0.15) is 0 Å². The van der Waals surface area contributed by atoms with Gasteiger partial charge in [0.25, 0.3) is 0 Å². The minimum absolute atomic E-state index is 0.633. The van der Waals surface area contributed by atoms with Crippen LogP contribution in [0.2, 0.25) is 0 Å². The monoisotopic (exact) mass is 656 g/mol. The highest BCUT2D eigenvalue weighted by Crippen LogP contribution is 2.42. The van der Waals surface area contributed by atoms with Crippen molar-refractivity contribution in [2.24, 2.45) is 0 Å². The first-order valence-corrected chi connectivity index (χ1v) is 17.6. The van der Waals surface area contributed by atoms with E-state index in [1.165, 1.54) is 36.9 Å². The number of para-hydroxylation sites is 1. The summed E-state index contributed by atoms with van der Waals surface area (Å²) in [5.74, 6) is 0.633. The van der Waals surface area contributed by atoms with Crippen LogP contribution in [0.3, 0.4) is 0 Å². The summed E-state index contributed by atoms with van der Waals surface area (Å²) < 4.78 is 9.34. The highest BCUT2D eigenvalue weighted by molar-refractivity contribution is 7.26. The molecule has 0 amide bonds. The largest absolute Gasteiger partial charge is 0.455 e. The first-order chi connectivity index (χ1) is 24.8. The van der Waals surface area contributed by atoms with Gasteiger partial charge in [0.2, 0.25) is 0 Å². The van der Waals surface area contributed by atoms with Crippen molar-refractivity contribution < 1.29 is 4.42 Å². The van der Waals surface area contributed by atoms with E-state index < -0.39 is 0 Å². The number of furan rings is 1. The number of fused-ring (bicyclic) bond motifs is 6. The lowest BCUT2D eigenvalue weighted by atomic mass is 10.0. The molecule has 0 spiro atoms. The summed E-state index contributed by atoms with van der Waals surface area (Å²) in [5, 5.41) is 4.71. The van der Waals surface area contributed by atoms with E-state index in [1.54, 1.807) is 0 Å². The Kier molecular flexibility index (Phi) is 6.68. The third-order valence-electron chi connectivity index (χ3n) is 9.54. The van der Waals surface area contributed by atoms with Crippen molar-refractivity contribution in [1.29, 1.82) is 0 Å². The van der Waals surface area contributed by atoms with E-state index in [1.807, 2.05) is 35.6 Å². The molecule has 0 saturated heterocycles. The van der Waals surface area contributed by atoms with Gasteiger partial charge in [-0.05, 0) is 52.6 Å². The van der Waals surface area contributed by atoms with Crippen LogP contribution in [0.25, 0.3) is 98.3 Å². The summed E-state index contributed by atoms with van der Waals surface area (Å²) in [4.78, 5) is 10.3. The zero-order valence-electron chi connectivity index (χ0n) is 26.9. The molecule has 0 radical (unpaired) electrons. The Balaban J connectivity index is 1.12. The van der Waals surface area contributed by atoms with Crippen molar-refractivity contribution in [2.45, 2.75) is 0 Å². The Morgan fingerprint density at radius 1 is 0.400 bits per heavy atom. The summed E-state index contributed by atoms with van der Waals surface area (Å²) in [6.07, 6.45) is 0. The van der Waals surface area contributed by atoms with Gasteiger partial charge >= 0.3 is 0 Å². The maximum Gasteiger partial charge on any atom is 0.164 e. The normalized spacial score (nSPS) is 11.6. The van der Waals surface area contributed by atoms with E-state index >= 15 is 0 Å². The van der Waals surface area contributed by atoms with Crippen molar-refractivity contribution in [3.63, 3.8) is 0 Å². The molecule has 4 heteroatoms. The quantitative estimate of drug-likeness (QED) is 0.185. The van der Waals surface area contributed by atoms with Crippen molar-refractivity contribution in [3.8, 4) is 56.2 Å². The molecule has 0 bridgehead atoms. The first kappa shape index (κ1) is 28.6. The molecule has 0 aliphatic rings. The maximum atomic E-state index is 6.75. The molecule has 10 rings (SSSR count). The van der Waals surface area contributed by atoms with Gasteiger partial charge in [-0.25, -0.2) is 9.97 Å². The molecule has 0 atom stereocenters. The van der Waals surface area contributed by atoms with E-state index in [0.29, 0.717) is 5.82 Å². The topological polar surface area (TPSA) is 38.9 Å². The Hall–Kier alpha value is -6.36. The van der Waals surface area contributed by atoms with Gasteiger partial charge in [0, 0.05) is 42.1 Å². The van der Waals surface area contributed by atoms with Crippen LogP contribution < -0.4 is 0 Å². The molecule has 0 aliphatic heterocycles. The minimum Gasteiger partial charge on any atom is -0.455 e. The van der Waals surface area contributed by atoms with E-state index in [2.05, 4.69) is 146 Å². The van der Waals surface area contributed by atoms with Gasteiger partial charge in [0.1, 0.15) is 11.2 Å². The molecule has 0 fully saturated rings. The third kappa shape index (κ3) is 4.80. The molecule has 3 heterocycles. The predicted octanol–water partition coefficient (Wildman–Crippen LogP) is 13.1. The average Bonchev–Trinajstić information content (AvgIpc) is 3.77. The minimum atomic E-state index is 0.633. The Morgan fingerprint density at radius 3 is 1.76 bits per heavy atom. The van der Waals surface area contributed by atoms with Crippen LogP contribution in [-0.2, 0) is 0 Å². The van der Waals surface area contributed by atoms with E-state index in [-0.39, 0.29) is 0 Å². The number of benzene rings is 7. The van der Waals surface area contributed by atoms with Gasteiger partial charge in [0.15, 0.2) is 5.82 Å². The number of hydrogen-bond donors (Lipinski definition) is 0. The molecule has 3 nitrogen and oxygen atoms in total. The zero-order valence-corrected chi connectivity index (χ0v) is 27.7. The van der Waals surface area contributed by atoms with Gasteiger partial charge in [-0.3, -0.25) is 0 Å². The van der Waals surface area contributed by atoms with E-state index in [9.17, 15) is 0 Å². The molecule has 0 unspecified atom stereocenters. The van der Waals surface area contributed by atoms with Crippen LogP contribution in [0.4, 0.5) is 0 Å². The molecule has 0 saturated carbocycles. The summed E-state index contributed by atoms with van der Waals surface area (Å²) in [6, 6.07) is 59.5. The van der Waals surface area contributed by atoms with Crippen LogP contribution in [-0.4, -0.2) is 9.97 Å². The number of rotatable bonds is 5. The Labute approximate surface area is 292 Å². The van der Waals surface area contributed by atoms with Crippen molar-refractivity contribution >= 4 is 53.4 Å². The number of hydrogen-bond acceptors (Lipinski definition) is 4. The van der Waals surface area contributed by atoms with Crippen molar-refractivity contribution in [1.82, 2.24) is 9.97 Å². The summed E-state index contributed by atoms with van der Waals surface area (Å²) in [6.45, 7) is 0.